The van der Waals surface area contributed by atoms with Crippen molar-refractivity contribution >= 4 is 0 Å². The van der Waals surface area contributed by atoms with Gasteiger partial charge in [-0.05, 0) is 24.6 Å². The number of nitrogens with zero attached hydrogens (tertiary/aromatic N) is 5. The molecule has 1 atom stereocenters. The second-order valence-corrected chi connectivity index (χ2v) is 4.62. The van der Waals surface area contributed by atoms with Gasteiger partial charge >= 0.3 is 0 Å². The summed E-state index contributed by atoms with van der Waals surface area (Å²) in [4.78, 5) is 8.64. The minimum absolute atomic E-state index is 0.388. The summed E-state index contributed by atoms with van der Waals surface area (Å²) in [5.74, 6) is 6.25. The first-order chi connectivity index (χ1) is 10.3. The highest BCUT2D eigenvalue weighted by Crippen LogP contribution is 2.19. The number of para-hydroxylation sites is 1. The molecule has 0 amide bonds. The number of rotatable bonds is 4. The number of hydrogen-bond acceptors (Lipinski definition) is 6. The molecular weight excluding hydrogens is 266 g/mol. The van der Waals surface area contributed by atoms with E-state index in [9.17, 15) is 0 Å². The Hall–Kier alpha value is -2.64. The third-order valence-corrected chi connectivity index (χ3v) is 3.10. The normalized spacial score (nSPS) is 12.3. The minimum Gasteiger partial charge on any atom is -0.270 e. The maximum Gasteiger partial charge on any atom is 0.152 e. The van der Waals surface area contributed by atoms with Gasteiger partial charge in [0.1, 0.15) is 6.04 Å². The molecule has 0 aliphatic rings. The van der Waals surface area contributed by atoms with Crippen LogP contribution in [0.2, 0.25) is 0 Å². The molecule has 7 heteroatoms. The highest BCUT2D eigenvalue weighted by molar-refractivity contribution is 5.33. The van der Waals surface area contributed by atoms with E-state index in [0.717, 1.165) is 16.9 Å². The van der Waals surface area contributed by atoms with Crippen molar-refractivity contribution in [2.75, 3.05) is 0 Å². The van der Waals surface area contributed by atoms with E-state index in [4.69, 9.17) is 5.84 Å². The average molecular weight is 281 g/mol. The van der Waals surface area contributed by atoms with E-state index in [1.165, 1.54) is 0 Å². The molecule has 3 rings (SSSR count). The summed E-state index contributed by atoms with van der Waals surface area (Å²) < 4.78 is 1.72. The lowest BCUT2D eigenvalue weighted by Gasteiger charge is -2.15. The molecule has 7 nitrogen and oxygen atoms in total. The summed E-state index contributed by atoms with van der Waals surface area (Å²) in [5, 5.41) is 8.09. The van der Waals surface area contributed by atoms with E-state index in [0.29, 0.717) is 5.82 Å². The van der Waals surface area contributed by atoms with E-state index in [1.54, 1.807) is 23.3 Å². The summed E-state index contributed by atoms with van der Waals surface area (Å²) in [5.41, 5.74) is 5.39. The first kappa shape index (κ1) is 13.3. The van der Waals surface area contributed by atoms with E-state index < -0.39 is 0 Å². The van der Waals surface area contributed by atoms with Crippen molar-refractivity contribution in [1.82, 2.24) is 30.4 Å². The van der Waals surface area contributed by atoms with Gasteiger partial charge in [-0.15, -0.1) is 5.10 Å². The van der Waals surface area contributed by atoms with E-state index >= 15 is 0 Å². The van der Waals surface area contributed by atoms with E-state index in [-0.39, 0.29) is 6.04 Å². The van der Waals surface area contributed by atoms with Crippen LogP contribution in [0, 0.1) is 6.92 Å². The van der Waals surface area contributed by atoms with Crippen LogP contribution in [-0.2, 0) is 0 Å². The summed E-state index contributed by atoms with van der Waals surface area (Å²) in [7, 11) is 0. The zero-order chi connectivity index (χ0) is 14.7. The van der Waals surface area contributed by atoms with Crippen LogP contribution in [-0.4, -0.2) is 25.0 Å². The molecule has 2 aromatic heterocycles. The van der Waals surface area contributed by atoms with Crippen molar-refractivity contribution in [1.29, 1.82) is 0 Å². The van der Waals surface area contributed by atoms with Crippen molar-refractivity contribution in [3.63, 3.8) is 0 Å². The predicted octanol–water partition coefficient (Wildman–Crippen LogP) is 0.918. The van der Waals surface area contributed by atoms with Crippen LogP contribution in [0.1, 0.15) is 23.1 Å². The zero-order valence-electron chi connectivity index (χ0n) is 11.5. The van der Waals surface area contributed by atoms with Gasteiger partial charge in [0.25, 0.3) is 0 Å². The standard InChI is InChI=1S/C14H15N7/c1-10-7-16-14(17-8-10)13(19-15)12-9-18-20-21(12)11-5-3-2-4-6-11/h2-9,13,19H,15H2,1H3. The van der Waals surface area contributed by atoms with E-state index in [1.807, 2.05) is 37.3 Å². The van der Waals surface area contributed by atoms with Gasteiger partial charge in [0, 0.05) is 12.4 Å². The van der Waals surface area contributed by atoms with Crippen molar-refractivity contribution in [3.8, 4) is 5.69 Å². The average Bonchev–Trinajstić information content (AvgIpc) is 3.00. The Morgan fingerprint density at radius 1 is 1.10 bits per heavy atom. The van der Waals surface area contributed by atoms with Gasteiger partial charge < -0.3 is 0 Å². The molecule has 21 heavy (non-hydrogen) atoms. The number of hydrazine groups is 1. The monoisotopic (exact) mass is 281 g/mol. The third-order valence-electron chi connectivity index (χ3n) is 3.10. The van der Waals surface area contributed by atoms with Gasteiger partial charge in [-0.3, -0.25) is 5.84 Å². The fourth-order valence-electron chi connectivity index (χ4n) is 2.05. The summed E-state index contributed by atoms with van der Waals surface area (Å²) in [6, 6.07) is 9.33. The summed E-state index contributed by atoms with van der Waals surface area (Å²) in [6.45, 7) is 1.93. The Labute approximate surface area is 121 Å². The van der Waals surface area contributed by atoms with Crippen LogP contribution in [0.4, 0.5) is 0 Å². The largest absolute Gasteiger partial charge is 0.270 e. The van der Waals surface area contributed by atoms with Gasteiger partial charge in [0.2, 0.25) is 0 Å². The number of hydrogen-bond donors (Lipinski definition) is 2. The highest BCUT2D eigenvalue weighted by atomic mass is 15.4. The molecule has 0 aliphatic carbocycles. The number of benzene rings is 1. The molecule has 2 heterocycles. The van der Waals surface area contributed by atoms with E-state index in [2.05, 4.69) is 25.7 Å². The molecule has 1 unspecified atom stereocenters. The van der Waals surface area contributed by atoms with Crippen molar-refractivity contribution in [2.24, 2.45) is 5.84 Å². The Kier molecular flexibility index (Phi) is 3.67. The number of nitrogens with one attached hydrogen (secondary N) is 1. The smallest absolute Gasteiger partial charge is 0.152 e. The number of aromatic nitrogens is 5. The van der Waals surface area contributed by atoms with Gasteiger partial charge in [-0.25, -0.2) is 20.1 Å². The number of nitrogens with two attached hydrogens (primary N) is 1. The molecule has 3 N–H and O–H groups in total. The van der Waals surface area contributed by atoms with Crippen molar-refractivity contribution in [3.05, 3.63) is 66.0 Å². The SMILES string of the molecule is Cc1cnc(C(NN)c2cnnn2-c2ccccc2)nc1. The zero-order valence-corrected chi connectivity index (χ0v) is 11.5. The highest BCUT2D eigenvalue weighted by Gasteiger charge is 2.21. The van der Waals surface area contributed by atoms with Crippen LogP contribution >= 0.6 is 0 Å². The molecule has 1 aromatic carbocycles. The molecule has 0 bridgehead atoms. The molecule has 106 valence electrons. The lowest BCUT2D eigenvalue weighted by molar-refractivity contribution is 0.566. The third kappa shape index (κ3) is 2.64. The first-order valence-corrected chi connectivity index (χ1v) is 6.50. The topological polar surface area (TPSA) is 94.5 Å². The molecular formula is C14H15N7. The van der Waals surface area contributed by atoms with Crippen molar-refractivity contribution < 1.29 is 0 Å². The Morgan fingerprint density at radius 2 is 1.81 bits per heavy atom. The number of aryl methyl sites for hydroxylation is 1. The summed E-state index contributed by atoms with van der Waals surface area (Å²) >= 11 is 0. The van der Waals surface area contributed by atoms with Crippen LogP contribution in [0.5, 0.6) is 0 Å². The van der Waals surface area contributed by atoms with Gasteiger partial charge in [-0.2, -0.15) is 0 Å². The van der Waals surface area contributed by atoms with Gasteiger partial charge in [0.05, 0.1) is 17.6 Å². The maximum absolute atomic E-state index is 5.68. The van der Waals surface area contributed by atoms with Crippen LogP contribution in [0.15, 0.2) is 48.9 Å². The predicted molar refractivity (Wildman–Crippen MR) is 77.3 cm³/mol. The molecule has 0 fully saturated rings. The molecule has 3 aromatic rings. The molecule has 0 radical (unpaired) electrons. The molecule has 0 saturated heterocycles. The summed E-state index contributed by atoms with van der Waals surface area (Å²) in [6.07, 6.45) is 5.16. The Balaban J connectivity index is 2.03. The quantitative estimate of drug-likeness (QED) is 0.545. The fourth-order valence-corrected chi connectivity index (χ4v) is 2.05. The van der Waals surface area contributed by atoms with Gasteiger partial charge in [0.15, 0.2) is 5.82 Å². The lowest BCUT2D eigenvalue weighted by atomic mass is 10.2. The Bertz CT molecular complexity index is 706. The lowest BCUT2D eigenvalue weighted by Crippen LogP contribution is -2.31. The van der Waals surface area contributed by atoms with Crippen LogP contribution < -0.4 is 11.3 Å². The van der Waals surface area contributed by atoms with Crippen molar-refractivity contribution in [2.45, 2.75) is 13.0 Å². The first-order valence-electron chi connectivity index (χ1n) is 6.50. The molecule has 0 spiro atoms. The fraction of sp³-hybridized carbons (Fsp3) is 0.143. The second kappa shape index (κ2) is 5.78. The molecule has 0 aliphatic heterocycles. The second-order valence-electron chi connectivity index (χ2n) is 4.62. The molecule has 0 saturated carbocycles. The van der Waals surface area contributed by atoms with Crippen LogP contribution in [0.25, 0.3) is 5.69 Å². The van der Waals surface area contributed by atoms with Gasteiger partial charge in [-0.1, -0.05) is 23.4 Å². The minimum atomic E-state index is -0.388. The maximum atomic E-state index is 5.68. The van der Waals surface area contributed by atoms with Crippen LogP contribution in [0.3, 0.4) is 0 Å². The Morgan fingerprint density at radius 3 is 2.48 bits per heavy atom.